The molecule has 2 saturated heterocycles. The van der Waals surface area contributed by atoms with Crippen molar-refractivity contribution in [1.82, 2.24) is 20.1 Å². The van der Waals surface area contributed by atoms with Crippen LogP contribution < -0.4 is 5.32 Å². The minimum atomic E-state index is -1.12. The number of pyridine rings is 1. The number of hydrogen-bond donors (Lipinski definition) is 1. The van der Waals surface area contributed by atoms with E-state index in [1.807, 2.05) is 25.1 Å². The third-order valence-corrected chi connectivity index (χ3v) is 7.23. The molecule has 2 aromatic rings. The molecule has 2 aliphatic rings. The van der Waals surface area contributed by atoms with Gasteiger partial charge in [-0.2, -0.15) is 0 Å². The summed E-state index contributed by atoms with van der Waals surface area (Å²) in [5.74, 6) is -0.470. The highest BCUT2D eigenvalue weighted by Gasteiger charge is 2.56. The average molecular weight is 485 g/mol. The normalized spacial score (nSPS) is 21.1. The number of imide groups is 1. The Hall–Kier alpha value is -2.97. The SMILES string of the molecule is COCCN1C(=O)NC(Cc2ccccc2Cl)(C2CCN(C(=O)c3cccnc3C)CC2)C1=O. The van der Waals surface area contributed by atoms with Gasteiger partial charge in [0.15, 0.2) is 0 Å². The van der Waals surface area contributed by atoms with Crippen LogP contribution in [0.2, 0.25) is 5.02 Å². The molecule has 3 heterocycles. The van der Waals surface area contributed by atoms with E-state index in [-0.39, 0.29) is 30.9 Å². The summed E-state index contributed by atoms with van der Waals surface area (Å²) < 4.78 is 5.10. The highest BCUT2D eigenvalue weighted by atomic mass is 35.5. The topological polar surface area (TPSA) is 91.8 Å². The van der Waals surface area contributed by atoms with Crippen LogP contribution in [0.15, 0.2) is 42.6 Å². The molecule has 1 aromatic carbocycles. The van der Waals surface area contributed by atoms with Crippen LogP contribution in [0.4, 0.5) is 4.79 Å². The van der Waals surface area contributed by atoms with Crippen LogP contribution in [-0.4, -0.2) is 71.5 Å². The first-order valence-corrected chi connectivity index (χ1v) is 11.8. The number of ether oxygens (including phenoxy) is 1. The fourth-order valence-electron chi connectivity index (χ4n) is 4.97. The number of carbonyl (C=O) groups excluding carboxylic acids is 3. The summed E-state index contributed by atoms with van der Waals surface area (Å²) in [6, 6.07) is 10.5. The van der Waals surface area contributed by atoms with E-state index in [0.29, 0.717) is 48.6 Å². The van der Waals surface area contributed by atoms with Crippen molar-refractivity contribution in [3.05, 3.63) is 64.4 Å². The summed E-state index contributed by atoms with van der Waals surface area (Å²) >= 11 is 6.44. The lowest BCUT2D eigenvalue weighted by molar-refractivity contribution is -0.134. The quantitative estimate of drug-likeness (QED) is 0.610. The van der Waals surface area contributed by atoms with Gasteiger partial charge in [-0.3, -0.25) is 19.5 Å². The largest absolute Gasteiger partial charge is 0.383 e. The minimum absolute atomic E-state index is 0.0623. The Bertz CT molecular complexity index is 1090. The van der Waals surface area contributed by atoms with Crippen LogP contribution in [0.25, 0.3) is 0 Å². The van der Waals surface area contributed by atoms with Crippen LogP contribution in [0.3, 0.4) is 0 Å². The molecule has 0 radical (unpaired) electrons. The number of nitrogens with one attached hydrogen (secondary N) is 1. The summed E-state index contributed by atoms with van der Waals surface area (Å²) in [7, 11) is 1.53. The van der Waals surface area contributed by atoms with Gasteiger partial charge in [-0.15, -0.1) is 0 Å². The van der Waals surface area contributed by atoms with Crippen LogP contribution in [0.1, 0.15) is 34.5 Å². The highest BCUT2D eigenvalue weighted by molar-refractivity contribution is 6.31. The maximum atomic E-state index is 13.7. The number of benzene rings is 1. The summed E-state index contributed by atoms with van der Waals surface area (Å²) in [5, 5.41) is 3.57. The molecule has 1 atom stereocenters. The zero-order valence-corrected chi connectivity index (χ0v) is 20.2. The van der Waals surface area contributed by atoms with Crippen molar-refractivity contribution in [1.29, 1.82) is 0 Å². The van der Waals surface area contributed by atoms with Gasteiger partial charge in [0.2, 0.25) is 0 Å². The van der Waals surface area contributed by atoms with Gasteiger partial charge in [-0.25, -0.2) is 4.79 Å². The number of halogens is 1. The van der Waals surface area contributed by atoms with E-state index in [2.05, 4.69) is 10.3 Å². The van der Waals surface area contributed by atoms with E-state index in [4.69, 9.17) is 16.3 Å². The molecule has 180 valence electrons. The number of rotatable bonds is 7. The van der Waals surface area contributed by atoms with Crippen molar-refractivity contribution in [3.63, 3.8) is 0 Å². The third-order valence-electron chi connectivity index (χ3n) is 6.86. The number of urea groups is 1. The summed E-state index contributed by atoms with van der Waals surface area (Å²) in [6.45, 7) is 3.24. The lowest BCUT2D eigenvalue weighted by Gasteiger charge is -2.41. The molecule has 0 aliphatic carbocycles. The van der Waals surface area contributed by atoms with Crippen molar-refractivity contribution >= 4 is 29.4 Å². The highest BCUT2D eigenvalue weighted by Crippen LogP contribution is 2.38. The van der Waals surface area contributed by atoms with Crippen molar-refractivity contribution in [2.24, 2.45) is 5.92 Å². The second-order valence-corrected chi connectivity index (χ2v) is 9.23. The molecular formula is C25H29ClN4O4. The maximum Gasteiger partial charge on any atom is 0.325 e. The predicted molar refractivity (Wildman–Crippen MR) is 128 cm³/mol. The van der Waals surface area contributed by atoms with Crippen LogP contribution in [0, 0.1) is 12.8 Å². The number of piperidine rings is 1. The second kappa shape index (κ2) is 10.1. The number of carbonyl (C=O) groups is 3. The molecule has 1 aromatic heterocycles. The van der Waals surface area contributed by atoms with Crippen molar-refractivity contribution < 1.29 is 19.1 Å². The van der Waals surface area contributed by atoms with E-state index in [1.54, 1.807) is 29.3 Å². The Labute approximate surface area is 204 Å². The summed E-state index contributed by atoms with van der Waals surface area (Å²) in [6.07, 6.45) is 3.13. The Kier molecular flexibility index (Phi) is 7.19. The molecule has 4 amide bonds. The van der Waals surface area contributed by atoms with Gasteiger partial charge in [0.1, 0.15) is 5.54 Å². The molecule has 0 bridgehead atoms. The number of aromatic nitrogens is 1. The fraction of sp³-hybridized carbons (Fsp3) is 0.440. The first kappa shape index (κ1) is 24.2. The van der Waals surface area contributed by atoms with E-state index >= 15 is 0 Å². The van der Waals surface area contributed by atoms with Gasteiger partial charge in [0.05, 0.1) is 18.7 Å². The standard InChI is InChI=1S/C25H29ClN4O4/c1-17-20(7-5-11-27-17)22(31)29-12-9-19(10-13-29)25(16-18-6-3-4-8-21(18)26)23(32)30(14-15-34-2)24(33)28-25/h3-8,11,19H,9-10,12-16H2,1-2H3,(H,28,33). The molecular weight excluding hydrogens is 456 g/mol. The molecule has 0 spiro atoms. The summed E-state index contributed by atoms with van der Waals surface area (Å²) in [5.41, 5.74) is 0.963. The molecule has 34 heavy (non-hydrogen) atoms. The summed E-state index contributed by atoms with van der Waals surface area (Å²) in [4.78, 5) is 46.9. The zero-order chi connectivity index (χ0) is 24.3. The van der Waals surface area contributed by atoms with Crippen molar-refractivity contribution in [2.45, 2.75) is 31.7 Å². The number of likely N-dealkylation sites (tertiary alicyclic amines) is 1. The Balaban J connectivity index is 1.58. The average Bonchev–Trinajstić information content (AvgIpc) is 3.08. The number of amides is 4. The first-order valence-electron chi connectivity index (χ1n) is 11.4. The number of nitrogens with zero attached hydrogens (tertiary/aromatic N) is 3. The van der Waals surface area contributed by atoms with E-state index in [1.165, 1.54) is 12.0 Å². The second-order valence-electron chi connectivity index (χ2n) is 8.82. The van der Waals surface area contributed by atoms with E-state index in [0.717, 1.165) is 5.56 Å². The monoisotopic (exact) mass is 484 g/mol. The number of methoxy groups -OCH3 is 1. The lowest BCUT2D eigenvalue weighted by atomic mass is 9.73. The minimum Gasteiger partial charge on any atom is -0.383 e. The van der Waals surface area contributed by atoms with Crippen molar-refractivity contribution in [2.75, 3.05) is 33.4 Å². The molecule has 0 saturated carbocycles. The first-order chi connectivity index (χ1) is 16.4. The Morgan fingerprint density at radius 3 is 2.62 bits per heavy atom. The molecule has 9 heteroatoms. The van der Waals surface area contributed by atoms with Gasteiger partial charge in [0, 0.05) is 43.5 Å². The van der Waals surface area contributed by atoms with Crippen LogP contribution in [0.5, 0.6) is 0 Å². The molecule has 8 nitrogen and oxygen atoms in total. The number of hydrogen-bond acceptors (Lipinski definition) is 5. The smallest absolute Gasteiger partial charge is 0.325 e. The molecule has 1 unspecified atom stereocenters. The van der Waals surface area contributed by atoms with Crippen LogP contribution in [-0.2, 0) is 16.0 Å². The van der Waals surface area contributed by atoms with E-state index < -0.39 is 11.6 Å². The Morgan fingerprint density at radius 1 is 1.21 bits per heavy atom. The van der Waals surface area contributed by atoms with Gasteiger partial charge in [-0.1, -0.05) is 29.8 Å². The van der Waals surface area contributed by atoms with Crippen molar-refractivity contribution in [3.8, 4) is 0 Å². The van der Waals surface area contributed by atoms with Gasteiger partial charge < -0.3 is 15.0 Å². The fourth-order valence-corrected chi connectivity index (χ4v) is 5.17. The van der Waals surface area contributed by atoms with Gasteiger partial charge in [-0.05, 0) is 49.4 Å². The molecule has 2 fully saturated rings. The zero-order valence-electron chi connectivity index (χ0n) is 19.4. The van der Waals surface area contributed by atoms with Crippen LogP contribution >= 0.6 is 11.6 Å². The number of aryl methyl sites for hydroxylation is 1. The maximum absolute atomic E-state index is 13.7. The predicted octanol–water partition coefficient (Wildman–Crippen LogP) is 3.08. The molecule has 4 rings (SSSR count). The molecule has 1 N–H and O–H groups in total. The lowest BCUT2D eigenvalue weighted by Crippen LogP contribution is -2.58. The Morgan fingerprint density at radius 2 is 1.94 bits per heavy atom. The molecule has 2 aliphatic heterocycles. The van der Waals surface area contributed by atoms with Gasteiger partial charge >= 0.3 is 6.03 Å². The van der Waals surface area contributed by atoms with Gasteiger partial charge in [0.25, 0.3) is 11.8 Å². The van der Waals surface area contributed by atoms with E-state index in [9.17, 15) is 14.4 Å². The third kappa shape index (κ3) is 4.52.